The monoisotopic (exact) mass is 264 g/mol. The van der Waals surface area contributed by atoms with Gasteiger partial charge in [0, 0.05) is 16.9 Å². The third-order valence-electron chi connectivity index (χ3n) is 5.30. The lowest BCUT2D eigenvalue weighted by Gasteiger charge is -2.54. The van der Waals surface area contributed by atoms with Crippen LogP contribution in [0.1, 0.15) is 26.2 Å². The molecule has 104 valence electrons. The van der Waals surface area contributed by atoms with Crippen LogP contribution in [0.25, 0.3) is 0 Å². The second-order valence-corrected chi connectivity index (χ2v) is 6.39. The first-order valence-electron chi connectivity index (χ1n) is 6.80. The van der Waals surface area contributed by atoms with Gasteiger partial charge in [0.15, 0.2) is 0 Å². The zero-order valence-electron chi connectivity index (χ0n) is 11.1. The van der Waals surface area contributed by atoms with Crippen LogP contribution in [0.15, 0.2) is 24.3 Å². The molecule has 2 aliphatic carbocycles. The van der Waals surface area contributed by atoms with Crippen molar-refractivity contribution < 1.29 is 19.7 Å². The van der Waals surface area contributed by atoms with Crippen molar-refractivity contribution in [1.82, 2.24) is 0 Å². The van der Waals surface area contributed by atoms with Gasteiger partial charge in [-0.05, 0) is 19.3 Å². The van der Waals surface area contributed by atoms with Gasteiger partial charge in [0.2, 0.25) is 0 Å². The molecule has 0 aromatic carbocycles. The van der Waals surface area contributed by atoms with Crippen molar-refractivity contribution in [3.63, 3.8) is 0 Å². The first-order valence-corrected chi connectivity index (χ1v) is 6.80. The zero-order valence-corrected chi connectivity index (χ0v) is 11.1. The van der Waals surface area contributed by atoms with Crippen molar-refractivity contribution in [3.8, 4) is 0 Å². The maximum atomic E-state index is 11.7. The van der Waals surface area contributed by atoms with Crippen LogP contribution in [0.3, 0.4) is 0 Å². The number of carbonyl (C=O) groups is 1. The summed E-state index contributed by atoms with van der Waals surface area (Å²) in [5.41, 5.74) is 0.894. The molecule has 0 spiro atoms. The standard InChI is InChI=1S/C15H20O4/c1-7-4-5-10(17)15(3)6-9(16)11-8(2)14(18)19-13(11)12(7)15/h9-13,16-17H,1-2,4-6H2,3H3/t9-,10+,11+,12-,13-,15-/m0/s1. The van der Waals surface area contributed by atoms with E-state index in [-0.39, 0.29) is 11.8 Å². The molecule has 0 radical (unpaired) electrons. The van der Waals surface area contributed by atoms with E-state index in [2.05, 4.69) is 13.2 Å². The van der Waals surface area contributed by atoms with Crippen LogP contribution < -0.4 is 0 Å². The highest BCUT2D eigenvalue weighted by Gasteiger charge is 2.61. The molecular formula is C15H20O4. The minimum Gasteiger partial charge on any atom is -0.458 e. The average Bonchev–Trinajstić information content (AvgIpc) is 2.61. The molecule has 1 heterocycles. The molecule has 0 aromatic rings. The molecule has 4 nitrogen and oxygen atoms in total. The van der Waals surface area contributed by atoms with E-state index in [1.807, 2.05) is 6.92 Å². The lowest BCUT2D eigenvalue weighted by molar-refractivity contribution is -0.161. The Morgan fingerprint density at radius 1 is 1.37 bits per heavy atom. The fourth-order valence-corrected chi connectivity index (χ4v) is 4.26. The van der Waals surface area contributed by atoms with Crippen molar-refractivity contribution >= 4 is 5.97 Å². The Hall–Kier alpha value is -1.13. The molecule has 0 aromatic heterocycles. The molecule has 2 saturated carbocycles. The second-order valence-electron chi connectivity index (χ2n) is 6.39. The maximum absolute atomic E-state index is 11.7. The van der Waals surface area contributed by atoms with Gasteiger partial charge in [-0.2, -0.15) is 0 Å². The van der Waals surface area contributed by atoms with Crippen LogP contribution in [-0.2, 0) is 9.53 Å². The Balaban J connectivity index is 2.05. The van der Waals surface area contributed by atoms with Crippen molar-refractivity contribution in [2.75, 3.05) is 0 Å². The first-order chi connectivity index (χ1) is 8.86. The van der Waals surface area contributed by atoms with Crippen molar-refractivity contribution in [2.24, 2.45) is 17.3 Å². The number of carbonyl (C=O) groups excluding carboxylic acids is 1. The van der Waals surface area contributed by atoms with Crippen LogP contribution in [0.2, 0.25) is 0 Å². The number of hydrogen-bond donors (Lipinski definition) is 2. The summed E-state index contributed by atoms with van der Waals surface area (Å²) in [4.78, 5) is 11.7. The summed E-state index contributed by atoms with van der Waals surface area (Å²) in [6, 6.07) is 0. The van der Waals surface area contributed by atoms with E-state index in [1.165, 1.54) is 0 Å². The average molecular weight is 264 g/mol. The Morgan fingerprint density at radius 3 is 2.74 bits per heavy atom. The highest BCUT2D eigenvalue weighted by atomic mass is 16.6. The Bertz CT molecular complexity index is 469. The zero-order chi connectivity index (χ0) is 13.9. The van der Waals surface area contributed by atoms with Gasteiger partial charge in [-0.1, -0.05) is 25.7 Å². The van der Waals surface area contributed by atoms with E-state index in [4.69, 9.17) is 4.74 Å². The Morgan fingerprint density at radius 2 is 2.05 bits per heavy atom. The topological polar surface area (TPSA) is 66.8 Å². The van der Waals surface area contributed by atoms with Gasteiger partial charge in [-0.15, -0.1) is 0 Å². The van der Waals surface area contributed by atoms with Crippen LogP contribution in [0.4, 0.5) is 0 Å². The summed E-state index contributed by atoms with van der Waals surface area (Å²) in [7, 11) is 0. The summed E-state index contributed by atoms with van der Waals surface area (Å²) < 4.78 is 5.43. The molecule has 6 atom stereocenters. The lowest BCUT2D eigenvalue weighted by Crippen LogP contribution is -2.57. The number of fused-ring (bicyclic) bond motifs is 3. The Labute approximate surface area is 112 Å². The summed E-state index contributed by atoms with van der Waals surface area (Å²) in [6.45, 7) is 9.81. The third kappa shape index (κ3) is 1.56. The SMILES string of the molecule is C=C1C(=O)O[C@H]2[C@H]1[C@@H](O)C[C@@]1(C)[C@H](O)CCC(=C)[C@@H]21. The van der Waals surface area contributed by atoms with Gasteiger partial charge in [-0.3, -0.25) is 0 Å². The summed E-state index contributed by atoms with van der Waals surface area (Å²) >= 11 is 0. The number of aliphatic hydroxyl groups excluding tert-OH is 2. The molecule has 0 bridgehead atoms. The van der Waals surface area contributed by atoms with Crippen LogP contribution in [0, 0.1) is 17.3 Å². The molecule has 3 aliphatic rings. The van der Waals surface area contributed by atoms with E-state index < -0.39 is 29.7 Å². The highest BCUT2D eigenvalue weighted by molar-refractivity contribution is 5.91. The van der Waals surface area contributed by atoms with Crippen LogP contribution in [0.5, 0.6) is 0 Å². The molecule has 4 heteroatoms. The number of aliphatic hydroxyl groups is 2. The molecular weight excluding hydrogens is 244 g/mol. The quantitative estimate of drug-likeness (QED) is 0.392. The summed E-state index contributed by atoms with van der Waals surface area (Å²) in [5.74, 6) is -0.869. The first kappa shape index (κ1) is 12.9. The molecule has 0 amide bonds. The van der Waals surface area contributed by atoms with Gasteiger partial charge in [0.25, 0.3) is 0 Å². The van der Waals surface area contributed by atoms with Crippen LogP contribution >= 0.6 is 0 Å². The van der Waals surface area contributed by atoms with Crippen molar-refractivity contribution in [1.29, 1.82) is 0 Å². The van der Waals surface area contributed by atoms with Gasteiger partial charge in [-0.25, -0.2) is 4.79 Å². The normalized spacial score (nSPS) is 49.6. The minimum absolute atomic E-state index is 0.0900. The third-order valence-corrected chi connectivity index (χ3v) is 5.30. The molecule has 1 aliphatic heterocycles. The maximum Gasteiger partial charge on any atom is 0.334 e. The lowest BCUT2D eigenvalue weighted by atomic mass is 9.53. The van der Waals surface area contributed by atoms with E-state index in [0.717, 1.165) is 12.0 Å². The predicted molar refractivity (Wildman–Crippen MR) is 69.1 cm³/mol. The minimum atomic E-state index is -0.689. The molecule has 0 unspecified atom stereocenters. The number of esters is 1. The predicted octanol–water partition coefficient (Wildman–Crippen LogP) is 1.18. The van der Waals surface area contributed by atoms with Crippen LogP contribution in [-0.4, -0.2) is 34.5 Å². The summed E-state index contributed by atoms with van der Waals surface area (Å²) in [5, 5.41) is 20.7. The highest BCUT2D eigenvalue weighted by Crippen LogP contribution is 2.57. The Kier molecular flexibility index (Phi) is 2.67. The largest absolute Gasteiger partial charge is 0.458 e. The van der Waals surface area contributed by atoms with Gasteiger partial charge in [0.1, 0.15) is 6.10 Å². The van der Waals surface area contributed by atoms with Gasteiger partial charge in [0.05, 0.1) is 18.1 Å². The van der Waals surface area contributed by atoms with Gasteiger partial charge >= 0.3 is 5.97 Å². The number of rotatable bonds is 0. The fourth-order valence-electron chi connectivity index (χ4n) is 4.26. The number of ether oxygens (including phenoxy) is 1. The molecule has 1 saturated heterocycles. The van der Waals surface area contributed by atoms with Crippen molar-refractivity contribution in [2.45, 2.75) is 44.5 Å². The van der Waals surface area contributed by atoms with E-state index in [0.29, 0.717) is 18.4 Å². The van der Waals surface area contributed by atoms with Crippen molar-refractivity contribution in [3.05, 3.63) is 24.3 Å². The number of hydrogen-bond acceptors (Lipinski definition) is 4. The van der Waals surface area contributed by atoms with Gasteiger partial charge < -0.3 is 14.9 Å². The molecule has 2 N–H and O–H groups in total. The van der Waals surface area contributed by atoms with E-state index in [9.17, 15) is 15.0 Å². The fraction of sp³-hybridized carbons (Fsp3) is 0.667. The molecule has 3 fully saturated rings. The smallest absolute Gasteiger partial charge is 0.334 e. The van der Waals surface area contributed by atoms with E-state index >= 15 is 0 Å². The molecule has 19 heavy (non-hydrogen) atoms. The second kappa shape index (κ2) is 3.93. The van der Waals surface area contributed by atoms with E-state index in [1.54, 1.807) is 0 Å². The molecule has 3 rings (SSSR count). The summed E-state index contributed by atoms with van der Waals surface area (Å²) in [6.07, 6.45) is 0.248.